The van der Waals surface area contributed by atoms with E-state index < -0.39 is 0 Å². The van der Waals surface area contributed by atoms with Gasteiger partial charge < -0.3 is 17.7 Å². The lowest BCUT2D eigenvalue weighted by Gasteiger charge is -2.56. The number of fused-ring (bicyclic) bond motifs is 5. The van der Waals surface area contributed by atoms with E-state index in [1.165, 1.54) is 38.6 Å². The van der Waals surface area contributed by atoms with E-state index in [1.807, 2.05) is 0 Å². The molecular weight excluding hydrogens is 350 g/mol. The van der Waals surface area contributed by atoms with Crippen molar-refractivity contribution in [2.45, 2.75) is 105 Å². The molecule has 2 N–H and O–H groups in total. The van der Waals surface area contributed by atoms with Gasteiger partial charge in [0.05, 0.1) is 12.6 Å². The largest absolute Gasteiger partial charge is 1.00 e. The van der Waals surface area contributed by atoms with E-state index in [9.17, 15) is 0 Å². The summed E-state index contributed by atoms with van der Waals surface area (Å²) < 4.78 is 0. The Morgan fingerprint density at radius 3 is 2.33 bits per heavy atom. The zero-order chi connectivity index (χ0) is 18.5. The quantitative estimate of drug-likeness (QED) is 0.736. The van der Waals surface area contributed by atoms with Gasteiger partial charge in [0.25, 0.3) is 0 Å². The smallest absolute Gasteiger partial charge is 0.0918 e. The van der Waals surface area contributed by atoms with Crippen molar-refractivity contribution < 1.29 is 17.7 Å². The van der Waals surface area contributed by atoms with Crippen LogP contribution in [0.25, 0.3) is 0 Å². The van der Waals surface area contributed by atoms with Gasteiger partial charge in [0.2, 0.25) is 0 Å². The third kappa shape index (κ3) is 3.63. The maximum atomic E-state index is 2.74. The lowest BCUT2D eigenvalue weighted by atomic mass is 9.48. The Balaban J connectivity index is 0.00000210. The highest BCUT2D eigenvalue weighted by molar-refractivity contribution is 5.09. The zero-order valence-corrected chi connectivity index (χ0v) is 19.5. The Bertz CT molecular complexity index is 505. The molecule has 8 unspecified atom stereocenters. The monoisotopic (exact) mass is 395 g/mol. The molecule has 1 aliphatic heterocycles. The maximum Gasteiger partial charge on any atom is 0.0918 e. The van der Waals surface area contributed by atoms with Gasteiger partial charge in [-0.3, -0.25) is 0 Å². The Morgan fingerprint density at radius 2 is 1.59 bits per heavy atom. The van der Waals surface area contributed by atoms with Crippen LogP contribution >= 0.6 is 0 Å². The van der Waals surface area contributed by atoms with Crippen molar-refractivity contribution in [1.29, 1.82) is 0 Å². The van der Waals surface area contributed by atoms with E-state index in [2.05, 4.69) is 39.9 Å². The summed E-state index contributed by atoms with van der Waals surface area (Å²) in [6.07, 6.45) is 15.1. The van der Waals surface area contributed by atoms with Crippen LogP contribution in [0.2, 0.25) is 0 Å². The van der Waals surface area contributed by atoms with E-state index in [0.717, 1.165) is 41.5 Å². The molecule has 0 aromatic heterocycles. The number of hydrogen-bond acceptors (Lipinski definition) is 0. The molecule has 3 saturated carbocycles. The summed E-state index contributed by atoms with van der Waals surface area (Å²) in [5, 5.41) is 2.71. The molecule has 1 saturated heterocycles. The van der Waals surface area contributed by atoms with Crippen LogP contribution in [-0.2, 0) is 0 Å². The highest BCUT2D eigenvalue weighted by atomic mass is 35.5. The molecule has 0 amide bonds. The van der Waals surface area contributed by atoms with Gasteiger partial charge in [-0.25, -0.2) is 0 Å². The predicted molar refractivity (Wildman–Crippen MR) is 111 cm³/mol. The molecule has 27 heavy (non-hydrogen) atoms. The first kappa shape index (κ1) is 21.9. The Hall–Kier alpha value is 0.250. The van der Waals surface area contributed by atoms with E-state index in [4.69, 9.17) is 0 Å². The summed E-state index contributed by atoms with van der Waals surface area (Å²) in [7, 11) is 0. The summed E-state index contributed by atoms with van der Waals surface area (Å²) in [6.45, 7) is 14.2. The predicted octanol–water partition coefficient (Wildman–Crippen LogP) is 2.65. The fourth-order valence-electron chi connectivity index (χ4n) is 8.86. The highest BCUT2D eigenvalue weighted by Crippen LogP contribution is 2.66. The number of hydrogen-bond donors (Lipinski definition) is 1. The first-order valence-corrected chi connectivity index (χ1v) is 12.2. The minimum Gasteiger partial charge on any atom is -1.00 e. The lowest BCUT2D eigenvalue weighted by Crippen LogP contribution is -3.00. The minimum atomic E-state index is 0. The second-order valence-electron chi connectivity index (χ2n) is 11.9. The van der Waals surface area contributed by atoms with Crippen molar-refractivity contribution >= 4 is 0 Å². The average molecular weight is 396 g/mol. The lowest BCUT2D eigenvalue weighted by molar-refractivity contribution is -0.680. The average Bonchev–Trinajstić information content (AvgIpc) is 3.13. The molecule has 1 heterocycles. The van der Waals surface area contributed by atoms with Crippen molar-refractivity contribution in [3.8, 4) is 0 Å². The number of quaternary nitrogens is 1. The van der Waals surface area contributed by atoms with Gasteiger partial charge in [0.15, 0.2) is 0 Å². The number of nitrogens with two attached hydrogens (primary N) is 1. The van der Waals surface area contributed by atoms with Crippen molar-refractivity contribution in [2.24, 2.45) is 46.3 Å². The second-order valence-corrected chi connectivity index (χ2v) is 11.9. The molecule has 4 rings (SSSR count). The molecule has 2 heteroatoms. The van der Waals surface area contributed by atoms with E-state index in [0.29, 0.717) is 10.8 Å². The van der Waals surface area contributed by atoms with Crippen LogP contribution < -0.4 is 17.7 Å². The molecule has 0 radical (unpaired) electrons. The third-order valence-electron chi connectivity index (χ3n) is 10.3. The minimum absolute atomic E-state index is 0. The Kier molecular flexibility index (Phi) is 6.64. The van der Waals surface area contributed by atoms with E-state index in [1.54, 1.807) is 32.1 Å². The number of rotatable bonds is 5. The summed E-state index contributed by atoms with van der Waals surface area (Å²) in [4.78, 5) is 0. The first-order valence-electron chi connectivity index (χ1n) is 12.2. The Morgan fingerprint density at radius 1 is 0.852 bits per heavy atom. The molecule has 158 valence electrons. The van der Waals surface area contributed by atoms with Gasteiger partial charge in [-0.2, -0.15) is 0 Å². The highest BCUT2D eigenvalue weighted by Gasteiger charge is 2.61. The molecule has 3 aliphatic carbocycles. The van der Waals surface area contributed by atoms with Crippen molar-refractivity contribution in [3.63, 3.8) is 0 Å². The van der Waals surface area contributed by atoms with Crippen LogP contribution in [0.1, 0.15) is 98.8 Å². The van der Waals surface area contributed by atoms with Gasteiger partial charge >= 0.3 is 0 Å². The van der Waals surface area contributed by atoms with Gasteiger partial charge in [0.1, 0.15) is 0 Å². The van der Waals surface area contributed by atoms with Crippen molar-refractivity contribution in [2.75, 3.05) is 6.54 Å². The van der Waals surface area contributed by atoms with Gasteiger partial charge in [0, 0.05) is 18.3 Å². The molecular formula is C25H46ClN. The summed E-state index contributed by atoms with van der Waals surface area (Å²) in [6, 6.07) is 0.959. The summed E-state index contributed by atoms with van der Waals surface area (Å²) >= 11 is 0. The summed E-state index contributed by atoms with van der Waals surface area (Å²) in [5.74, 6) is 6.01. The van der Waals surface area contributed by atoms with Crippen molar-refractivity contribution in [1.82, 2.24) is 0 Å². The van der Waals surface area contributed by atoms with E-state index >= 15 is 0 Å². The Labute approximate surface area is 175 Å². The van der Waals surface area contributed by atoms with Gasteiger partial charge in [-0.05, 0) is 73.0 Å². The topological polar surface area (TPSA) is 16.6 Å². The van der Waals surface area contributed by atoms with Crippen LogP contribution in [0.4, 0.5) is 0 Å². The first-order chi connectivity index (χ1) is 12.4. The van der Waals surface area contributed by atoms with Crippen LogP contribution in [0.15, 0.2) is 0 Å². The van der Waals surface area contributed by atoms with Gasteiger partial charge in [-0.15, -0.1) is 0 Å². The van der Waals surface area contributed by atoms with Gasteiger partial charge in [-0.1, -0.05) is 53.9 Å². The molecule has 0 spiro atoms. The fraction of sp³-hybridized carbons (Fsp3) is 1.00. The zero-order valence-electron chi connectivity index (χ0n) is 18.8. The van der Waals surface area contributed by atoms with E-state index in [-0.39, 0.29) is 12.4 Å². The fourth-order valence-corrected chi connectivity index (χ4v) is 8.86. The van der Waals surface area contributed by atoms with Crippen LogP contribution in [0.5, 0.6) is 0 Å². The molecule has 0 aromatic carbocycles. The third-order valence-corrected chi connectivity index (χ3v) is 10.3. The normalized spacial score (nSPS) is 47.1. The molecule has 0 aromatic rings. The molecule has 1 nitrogen and oxygen atoms in total. The molecule has 4 fully saturated rings. The standard InChI is InChI=1S/C25H45N.ClH/c1-17(2)7-6-8-18(3)20-10-11-21-19-9-12-23-25(5,15-16-26-23)22(19)13-14-24(20,21)4;/h17-23,26H,6-16H2,1-5H3;1H. The SMILES string of the molecule is CC(C)CCCC(C)C1CCC2C3CCC4[NH2+]CCC4(C)C3CCC12C.[Cl-]. The molecule has 8 atom stereocenters. The summed E-state index contributed by atoms with van der Waals surface area (Å²) in [5.41, 5.74) is 1.34. The second kappa shape index (κ2) is 8.17. The maximum absolute atomic E-state index is 2.74. The number of halogens is 1. The van der Waals surface area contributed by atoms with Crippen LogP contribution in [-0.4, -0.2) is 12.6 Å². The van der Waals surface area contributed by atoms with Crippen LogP contribution in [0.3, 0.4) is 0 Å². The van der Waals surface area contributed by atoms with Crippen LogP contribution in [0, 0.1) is 46.3 Å². The van der Waals surface area contributed by atoms with Crippen molar-refractivity contribution in [3.05, 3.63) is 0 Å². The molecule has 0 bridgehead atoms. The molecule has 4 aliphatic rings.